The van der Waals surface area contributed by atoms with Crippen LogP contribution in [0.5, 0.6) is 5.75 Å². The van der Waals surface area contributed by atoms with Gasteiger partial charge in [-0.25, -0.2) is 0 Å². The molecule has 0 saturated carbocycles. The quantitative estimate of drug-likeness (QED) is 0.661. The third-order valence-electron chi connectivity index (χ3n) is 5.87. The van der Waals surface area contributed by atoms with Crippen LogP contribution in [-0.4, -0.2) is 63.7 Å². The third kappa shape index (κ3) is 6.07. The fourth-order valence-electron chi connectivity index (χ4n) is 4.11. The second-order valence-corrected chi connectivity index (χ2v) is 7.92. The third-order valence-corrected chi connectivity index (χ3v) is 5.87. The summed E-state index contributed by atoms with van der Waals surface area (Å²) in [6, 6.07) is 7.67. The number of carbonyl (C=O) groups is 2. The van der Waals surface area contributed by atoms with Crippen LogP contribution in [-0.2, 0) is 20.9 Å². The molecular weight excluding hydrogens is 394 g/mol. The van der Waals surface area contributed by atoms with Crippen LogP contribution >= 0.6 is 12.4 Å². The molecule has 162 valence electrons. The Hall–Kier alpha value is -1.83. The average Bonchev–Trinajstić information content (AvgIpc) is 3.08. The van der Waals surface area contributed by atoms with E-state index in [2.05, 4.69) is 10.6 Å². The summed E-state index contributed by atoms with van der Waals surface area (Å²) in [4.78, 5) is 26.8. The molecule has 2 fully saturated rings. The highest BCUT2D eigenvalue weighted by Crippen LogP contribution is 2.29. The summed E-state index contributed by atoms with van der Waals surface area (Å²) in [6.07, 6.45) is 2.24. The van der Waals surface area contributed by atoms with Crippen LogP contribution < -0.4 is 15.4 Å². The van der Waals surface area contributed by atoms with E-state index < -0.39 is 0 Å². The molecule has 8 heteroatoms. The lowest BCUT2D eigenvalue weighted by Crippen LogP contribution is -2.48. The van der Waals surface area contributed by atoms with Crippen molar-refractivity contribution in [2.45, 2.75) is 25.8 Å². The summed E-state index contributed by atoms with van der Waals surface area (Å²) in [7, 11) is 3.33. The van der Waals surface area contributed by atoms with Crippen molar-refractivity contribution in [2.24, 2.45) is 11.3 Å². The predicted octanol–water partition coefficient (Wildman–Crippen LogP) is 1.60. The number of likely N-dealkylation sites (tertiary alicyclic amines) is 1. The standard InChI is InChI=1S/C21H31N3O4.ClH/c1-27-15-21(7-9-22-10-8-21)14-23-20(26)17-11-19(25)24(13-17)12-16-3-5-18(28-2)6-4-16;/h3-6,17,22H,7-15H2,1-2H3,(H,23,26);1H. The summed E-state index contributed by atoms with van der Waals surface area (Å²) in [5.41, 5.74) is 1.02. The molecular formula is C21H32ClN3O4. The van der Waals surface area contributed by atoms with Gasteiger partial charge < -0.3 is 25.0 Å². The SMILES string of the molecule is COCC1(CNC(=O)C2CC(=O)N(Cc3ccc(OC)cc3)C2)CCNCC1.Cl. The van der Waals surface area contributed by atoms with Crippen LogP contribution in [0.2, 0.25) is 0 Å². The van der Waals surface area contributed by atoms with E-state index in [1.807, 2.05) is 24.3 Å². The number of rotatable bonds is 8. The first-order valence-electron chi connectivity index (χ1n) is 9.93. The maximum Gasteiger partial charge on any atom is 0.225 e. The van der Waals surface area contributed by atoms with Gasteiger partial charge in [0, 0.05) is 38.6 Å². The van der Waals surface area contributed by atoms with Crippen LogP contribution in [0.25, 0.3) is 0 Å². The van der Waals surface area contributed by atoms with E-state index in [0.717, 1.165) is 37.2 Å². The van der Waals surface area contributed by atoms with Gasteiger partial charge >= 0.3 is 0 Å². The van der Waals surface area contributed by atoms with Gasteiger partial charge in [-0.05, 0) is 43.6 Å². The number of nitrogens with zero attached hydrogens (tertiary/aromatic N) is 1. The molecule has 2 saturated heterocycles. The van der Waals surface area contributed by atoms with Gasteiger partial charge in [0.1, 0.15) is 5.75 Å². The number of piperidine rings is 1. The average molecular weight is 426 g/mol. The van der Waals surface area contributed by atoms with Crippen molar-refractivity contribution in [2.75, 3.05) is 47.0 Å². The van der Waals surface area contributed by atoms with Gasteiger partial charge in [0.05, 0.1) is 19.6 Å². The molecule has 0 aliphatic carbocycles. The van der Waals surface area contributed by atoms with Crippen LogP contribution in [0.1, 0.15) is 24.8 Å². The highest BCUT2D eigenvalue weighted by molar-refractivity contribution is 5.89. The monoisotopic (exact) mass is 425 g/mol. The molecule has 0 radical (unpaired) electrons. The van der Waals surface area contributed by atoms with Crippen LogP contribution in [0.4, 0.5) is 0 Å². The number of hydrogen-bond donors (Lipinski definition) is 2. The minimum atomic E-state index is -0.285. The second-order valence-electron chi connectivity index (χ2n) is 7.92. The molecule has 1 aromatic rings. The lowest BCUT2D eigenvalue weighted by molar-refractivity contribution is -0.129. The smallest absolute Gasteiger partial charge is 0.225 e. The van der Waals surface area contributed by atoms with E-state index in [-0.39, 0.29) is 42.0 Å². The minimum Gasteiger partial charge on any atom is -0.497 e. The lowest BCUT2D eigenvalue weighted by atomic mass is 9.79. The topological polar surface area (TPSA) is 79.9 Å². The van der Waals surface area contributed by atoms with Crippen molar-refractivity contribution >= 4 is 24.2 Å². The Morgan fingerprint density at radius 1 is 1.24 bits per heavy atom. The molecule has 3 rings (SSSR count). The van der Waals surface area contributed by atoms with Crippen LogP contribution in [0.3, 0.4) is 0 Å². The molecule has 2 N–H and O–H groups in total. The molecule has 2 amide bonds. The fraction of sp³-hybridized carbons (Fsp3) is 0.619. The van der Waals surface area contributed by atoms with E-state index in [9.17, 15) is 9.59 Å². The Morgan fingerprint density at radius 3 is 2.55 bits per heavy atom. The summed E-state index contributed by atoms with van der Waals surface area (Å²) in [5.74, 6) is 0.507. The van der Waals surface area contributed by atoms with Crippen molar-refractivity contribution in [3.8, 4) is 5.75 Å². The number of carbonyl (C=O) groups excluding carboxylic acids is 2. The molecule has 0 bridgehead atoms. The number of ether oxygens (including phenoxy) is 2. The predicted molar refractivity (Wildman–Crippen MR) is 113 cm³/mol. The first kappa shape index (κ1) is 23.4. The van der Waals surface area contributed by atoms with Crippen molar-refractivity contribution in [3.63, 3.8) is 0 Å². The zero-order valence-corrected chi connectivity index (χ0v) is 18.1. The number of hydrogen-bond acceptors (Lipinski definition) is 5. The van der Waals surface area contributed by atoms with Gasteiger partial charge in [0.2, 0.25) is 11.8 Å². The van der Waals surface area contributed by atoms with Crippen molar-refractivity contribution in [3.05, 3.63) is 29.8 Å². The van der Waals surface area contributed by atoms with Gasteiger partial charge in [0.15, 0.2) is 0 Å². The van der Waals surface area contributed by atoms with Gasteiger partial charge in [-0.3, -0.25) is 9.59 Å². The van der Waals surface area contributed by atoms with Crippen molar-refractivity contribution in [1.82, 2.24) is 15.5 Å². The summed E-state index contributed by atoms with van der Waals surface area (Å²) in [5, 5.41) is 6.45. The first-order valence-corrected chi connectivity index (χ1v) is 9.93. The van der Waals surface area contributed by atoms with Crippen molar-refractivity contribution < 1.29 is 19.1 Å². The molecule has 1 atom stereocenters. The van der Waals surface area contributed by atoms with Gasteiger partial charge in [-0.15, -0.1) is 12.4 Å². The molecule has 1 unspecified atom stereocenters. The lowest BCUT2D eigenvalue weighted by Gasteiger charge is -2.37. The summed E-state index contributed by atoms with van der Waals surface area (Å²) >= 11 is 0. The van der Waals surface area contributed by atoms with E-state index in [1.54, 1.807) is 19.1 Å². The fourth-order valence-corrected chi connectivity index (χ4v) is 4.11. The Morgan fingerprint density at radius 2 is 1.93 bits per heavy atom. The van der Waals surface area contributed by atoms with Gasteiger partial charge in [0.25, 0.3) is 0 Å². The highest BCUT2D eigenvalue weighted by atomic mass is 35.5. The molecule has 29 heavy (non-hydrogen) atoms. The molecule has 7 nitrogen and oxygen atoms in total. The normalized spacial score (nSPS) is 20.8. The van der Waals surface area contributed by atoms with E-state index in [1.165, 1.54) is 0 Å². The Labute approximate surface area is 178 Å². The molecule has 2 aliphatic rings. The summed E-state index contributed by atoms with van der Waals surface area (Å²) < 4.78 is 10.6. The Bertz CT molecular complexity index is 671. The maximum absolute atomic E-state index is 12.7. The van der Waals surface area contributed by atoms with E-state index >= 15 is 0 Å². The molecule has 0 aromatic heterocycles. The number of methoxy groups -OCH3 is 2. The van der Waals surface area contributed by atoms with Crippen LogP contribution in [0, 0.1) is 11.3 Å². The maximum atomic E-state index is 12.7. The molecule has 2 heterocycles. The largest absolute Gasteiger partial charge is 0.497 e. The number of halogens is 1. The van der Waals surface area contributed by atoms with E-state index in [0.29, 0.717) is 26.2 Å². The number of benzene rings is 1. The zero-order valence-electron chi connectivity index (χ0n) is 17.2. The zero-order chi connectivity index (χ0) is 20.0. The highest BCUT2D eigenvalue weighted by Gasteiger charge is 2.37. The second kappa shape index (κ2) is 10.8. The van der Waals surface area contributed by atoms with E-state index in [4.69, 9.17) is 9.47 Å². The van der Waals surface area contributed by atoms with Crippen molar-refractivity contribution in [1.29, 1.82) is 0 Å². The minimum absolute atomic E-state index is 0. The molecule has 2 aliphatic heterocycles. The first-order chi connectivity index (χ1) is 13.5. The van der Waals surface area contributed by atoms with Crippen LogP contribution in [0.15, 0.2) is 24.3 Å². The van der Waals surface area contributed by atoms with Gasteiger partial charge in [-0.2, -0.15) is 0 Å². The van der Waals surface area contributed by atoms with Gasteiger partial charge in [-0.1, -0.05) is 12.1 Å². The summed E-state index contributed by atoms with van der Waals surface area (Å²) in [6.45, 7) is 4.11. The Kier molecular flexibility index (Phi) is 8.74. The number of nitrogens with one attached hydrogen (secondary N) is 2. The Balaban J connectivity index is 0.00000300. The molecule has 1 aromatic carbocycles. The number of amides is 2. The molecule has 0 spiro atoms.